The molecule has 34 heavy (non-hydrogen) atoms. The number of fused-ring (bicyclic) bond motifs is 1. The van der Waals surface area contributed by atoms with Crippen LogP contribution in [0.4, 0.5) is 0 Å². The third kappa shape index (κ3) is 4.72. The molecule has 0 spiro atoms. The number of hydrogen-bond acceptors (Lipinski definition) is 7. The van der Waals surface area contributed by atoms with Gasteiger partial charge in [-0.05, 0) is 43.8 Å². The summed E-state index contributed by atoms with van der Waals surface area (Å²) in [4.78, 5) is 27.4. The lowest BCUT2D eigenvalue weighted by Crippen LogP contribution is -2.43. The molecule has 2 aromatic carbocycles. The quantitative estimate of drug-likeness (QED) is 0.360. The summed E-state index contributed by atoms with van der Waals surface area (Å²) in [6.07, 6.45) is 1.76. The topological polar surface area (TPSA) is 63.5 Å². The fraction of sp³-hybridized carbons (Fsp3) is 0.320. The number of carbonyl (C=O) groups excluding carboxylic acids is 1. The number of carbonyl (C=O) groups is 1. The summed E-state index contributed by atoms with van der Waals surface area (Å²) < 4.78 is 7.23. The summed E-state index contributed by atoms with van der Waals surface area (Å²) >= 11 is 7.50. The zero-order chi connectivity index (χ0) is 23.7. The Balaban J connectivity index is 1.48. The van der Waals surface area contributed by atoms with E-state index < -0.39 is 0 Å². The Kier molecular flexibility index (Phi) is 6.65. The molecule has 0 atom stereocenters. The first kappa shape index (κ1) is 23.0. The molecule has 0 bridgehead atoms. The Labute approximate surface area is 207 Å². The van der Waals surface area contributed by atoms with Crippen LogP contribution in [0.15, 0.2) is 48.8 Å². The van der Waals surface area contributed by atoms with Crippen molar-refractivity contribution in [1.29, 1.82) is 0 Å². The van der Waals surface area contributed by atoms with Gasteiger partial charge in [0.2, 0.25) is 0 Å². The van der Waals surface area contributed by atoms with Crippen molar-refractivity contribution in [2.75, 3.05) is 39.8 Å². The molecule has 0 N–H and O–H groups in total. The number of ether oxygens (including phenoxy) is 1. The van der Waals surface area contributed by atoms with Gasteiger partial charge in [0.05, 0.1) is 23.3 Å². The molecule has 0 radical (unpaired) electrons. The van der Waals surface area contributed by atoms with Gasteiger partial charge < -0.3 is 9.64 Å². The van der Waals surface area contributed by atoms with Crippen LogP contribution in [-0.4, -0.2) is 70.1 Å². The van der Waals surface area contributed by atoms with Gasteiger partial charge in [0.15, 0.2) is 5.13 Å². The van der Waals surface area contributed by atoms with Gasteiger partial charge in [0.25, 0.3) is 0 Å². The molecule has 4 aromatic rings. The average Bonchev–Trinajstić information content (AvgIpc) is 3.45. The SMILES string of the molecule is CCOC(=O)c1sc(-n2cnc3cc(CN4CCN(C)CC4)ccc32)nc1-c1cccc(Cl)c1. The van der Waals surface area contributed by atoms with Gasteiger partial charge in [-0.2, -0.15) is 0 Å². The second-order valence-corrected chi connectivity index (χ2v) is 9.84. The van der Waals surface area contributed by atoms with Crippen LogP contribution in [0, 0.1) is 0 Å². The molecule has 3 heterocycles. The predicted molar refractivity (Wildman–Crippen MR) is 136 cm³/mol. The maximum absolute atomic E-state index is 12.7. The molecule has 0 unspecified atom stereocenters. The lowest BCUT2D eigenvalue weighted by Gasteiger charge is -2.32. The van der Waals surface area contributed by atoms with Gasteiger partial charge >= 0.3 is 5.97 Å². The van der Waals surface area contributed by atoms with E-state index in [0.29, 0.717) is 27.3 Å². The van der Waals surface area contributed by atoms with Gasteiger partial charge in [0, 0.05) is 43.3 Å². The van der Waals surface area contributed by atoms with Crippen LogP contribution in [0.1, 0.15) is 22.2 Å². The fourth-order valence-corrected chi connectivity index (χ4v) is 5.31. The molecule has 0 aliphatic carbocycles. The number of thiazole rings is 1. The summed E-state index contributed by atoms with van der Waals surface area (Å²) in [5.41, 5.74) is 4.44. The Hall–Kier alpha value is -2.78. The van der Waals surface area contributed by atoms with E-state index in [1.807, 2.05) is 16.7 Å². The van der Waals surface area contributed by atoms with Crippen molar-refractivity contribution in [2.24, 2.45) is 0 Å². The highest BCUT2D eigenvalue weighted by Crippen LogP contribution is 2.33. The monoisotopic (exact) mass is 495 g/mol. The number of piperazine rings is 1. The van der Waals surface area contributed by atoms with Crippen molar-refractivity contribution in [3.63, 3.8) is 0 Å². The van der Waals surface area contributed by atoms with Gasteiger partial charge in [-0.3, -0.25) is 9.47 Å². The average molecular weight is 496 g/mol. The molecule has 1 aliphatic rings. The van der Waals surface area contributed by atoms with Crippen molar-refractivity contribution in [1.82, 2.24) is 24.3 Å². The fourth-order valence-electron chi connectivity index (χ4n) is 4.15. The number of hydrogen-bond donors (Lipinski definition) is 0. The van der Waals surface area contributed by atoms with E-state index in [1.165, 1.54) is 16.9 Å². The number of nitrogens with zero attached hydrogens (tertiary/aromatic N) is 5. The van der Waals surface area contributed by atoms with E-state index in [0.717, 1.165) is 49.3 Å². The van der Waals surface area contributed by atoms with Crippen molar-refractivity contribution < 1.29 is 9.53 Å². The highest BCUT2D eigenvalue weighted by atomic mass is 35.5. The van der Waals surface area contributed by atoms with Crippen LogP contribution >= 0.6 is 22.9 Å². The molecule has 0 amide bonds. The number of imidazole rings is 1. The summed E-state index contributed by atoms with van der Waals surface area (Å²) in [5, 5.41) is 1.25. The number of halogens is 1. The molecule has 0 saturated carbocycles. The summed E-state index contributed by atoms with van der Waals surface area (Å²) in [6.45, 7) is 7.35. The Bertz CT molecular complexity index is 1330. The van der Waals surface area contributed by atoms with Crippen molar-refractivity contribution >= 4 is 39.9 Å². The van der Waals surface area contributed by atoms with Gasteiger partial charge in [0.1, 0.15) is 11.2 Å². The predicted octanol–water partition coefficient (Wildman–Crippen LogP) is 4.73. The van der Waals surface area contributed by atoms with E-state index >= 15 is 0 Å². The standard InChI is InChI=1S/C25H26ClN5O2S/c1-3-33-24(32)23-22(18-5-4-6-19(26)14-18)28-25(34-23)31-16-27-20-13-17(7-8-21(20)31)15-30-11-9-29(2)10-12-30/h4-8,13-14,16H,3,9-12,15H2,1-2H3. The molecule has 5 rings (SSSR count). The van der Waals surface area contributed by atoms with Crippen LogP contribution in [0.5, 0.6) is 0 Å². The number of likely N-dealkylation sites (N-methyl/N-ethyl adjacent to an activating group) is 1. The molecule has 1 fully saturated rings. The minimum Gasteiger partial charge on any atom is -0.462 e. The normalized spacial score (nSPS) is 15.1. The molecular formula is C25H26ClN5O2S. The summed E-state index contributed by atoms with van der Waals surface area (Å²) in [5.74, 6) is -0.389. The molecule has 176 valence electrons. The lowest BCUT2D eigenvalue weighted by molar-refractivity contribution is 0.0532. The molecule has 7 nitrogen and oxygen atoms in total. The van der Waals surface area contributed by atoms with Crippen LogP contribution in [0.25, 0.3) is 27.4 Å². The van der Waals surface area contributed by atoms with Crippen molar-refractivity contribution in [2.45, 2.75) is 13.5 Å². The first-order valence-corrected chi connectivity index (χ1v) is 12.5. The molecular weight excluding hydrogens is 470 g/mol. The number of benzene rings is 2. The van der Waals surface area contributed by atoms with Crippen LogP contribution in [0.2, 0.25) is 5.02 Å². The van der Waals surface area contributed by atoms with Crippen LogP contribution in [0.3, 0.4) is 0 Å². The van der Waals surface area contributed by atoms with E-state index in [9.17, 15) is 4.79 Å². The lowest BCUT2D eigenvalue weighted by atomic mass is 10.1. The highest BCUT2D eigenvalue weighted by molar-refractivity contribution is 7.16. The minimum atomic E-state index is -0.389. The van der Waals surface area contributed by atoms with Crippen molar-refractivity contribution in [3.05, 3.63) is 64.3 Å². The van der Waals surface area contributed by atoms with Gasteiger partial charge in [-0.25, -0.2) is 14.8 Å². The zero-order valence-electron chi connectivity index (χ0n) is 19.2. The first-order chi connectivity index (χ1) is 16.5. The summed E-state index contributed by atoms with van der Waals surface area (Å²) in [7, 11) is 2.17. The molecule has 9 heteroatoms. The number of aromatic nitrogens is 3. The Morgan fingerprint density at radius 2 is 1.97 bits per heavy atom. The smallest absolute Gasteiger partial charge is 0.350 e. The Morgan fingerprint density at radius 3 is 2.74 bits per heavy atom. The largest absolute Gasteiger partial charge is 0.462 e. The van der Waals surface area contributed by atoms with E-state index in [2.05, 4.69) is 40.0 Å². The highest BCUT2D eigenvalue weighted by Gasteiger charge is 2.23. The maximum Gasteiger partial charge on any atom is 0.350 e. The van der Waals surface area contributed by atoms with E-state index in [1.54, 1.807) is 25.4 Å². The molecule has 2 aromatic heterocycles. The third-order valence-electron chi connectivity index (χ3n) is 5.99. The van der Waals surface area contributed by atoms with Gasteiger partial charge in [-0.1, -0.05) is 41.1 Å². The van der Waals surface area contributed by atoms with Gasteiger partial charge in [-0.15, -0.1) is 0 Å². The number of rotatable bonds is 6. The summed E-state index contributed by atoms with van der Waals surface area (Å²) in [6, 6.07) is 13.7. The zero-order valence-corrected chi connectivity index (χ0v) is 20.8. The van der Waals surface area contributed by atoms with E-state index in [-0.39, 0.29) is 5.97 Å². The Morgan fingerprint density at radius 1 is 1.15 bits per heavy atom. The second kappa shape index (κ2) is 9.84. The van der Waals surface area contributed by atoms with Crippen LogP contribution < -0.4 is 0 Å². The molecule has 1 saturated heterocycles. The van der Waals surface area contributed by atoms with Crippen LogP contribution in [-0.2, 0) is 11.3 Å². The second-order valence-electron chi connectivity index (χ2n) is 8.42. The van der Waals surface area contributed by atoms with Crippen molar-refractivity contribution in [3.8, 4) is 16.4 Å². The first-order valence-electron chi connectivity index (χ1n) is 11.3. The minimum absolute atomic E-state index is 0.297. The number of esters is 1. The van der Waals surface area contributed by atoms with E-state index in [4.69, 9.17) is 21.3 Å². The maximum atomic E-state index is 12.7. The molecule has 1 aliphatic heterocycles. The third-order valence-corrected chi connectivity index (χ3v) is 7.26.